The molecular weight excluding hydrogens is 246 g/mol. The molecule has 100 valence electrons. The minimum atomic E-state index is -0.874. The first-order chi connectivity index (χ1) is 7.79. The van der Waals surface area contributed by atoms with E-state index in [1.807, 2.05) is 20.8 Å². The quantitative estimate of drug-likeness (QED) is 0.693. The van der Waals surface area contributed by atoms with E-state index in [4.69, 9.17) is 16.7 Å². The van der Waals surface area contributed by atoms with Gasteiger partial charge in [0.05, 0.1) is 6.42 Å². The Morgan fingerprint density at radius 2 is 2.06 bits per heavy atom. The van der Waals surface area contributed by atoms with Crippen LogP contribution in [0.2, 0.25) is 0 Å². The number of carboxylic acids is 1. The molecule has 1 amide bonds. The third kappa shape index (κ3) is 7.85. The van der Waals surface area contributed by atoms with E-state index in [9.17, 15) is 9.59 Å². The first kappa shape index (κ1) is 16.0. The van der Waals surface area contributed by atoms with Crippen molar-refractivity contribution < 1.29 is 19.4 Å². The zero-order valence-corrected chi connectivity index (χ0v) is 11.2. The molecule has 0 rings (SSSR count). The number of aliphatic carboxylic acids is 1. The van der Waals surface area contributed by atoms with Gasteiger partial charge in [-0.2, -0.15) is 0 Å². The summed E-state index contributed by atoms with van der Waals surface area (Å²) in [6.07, 6.45) is 0.0904. The number of ether oxygens (including phenoxy) is 1. The molecule has 0 fully saturated rings. The van der Waals surface area contributed by atoms with Crippen LogP contribution in [0.5, 0.6) is 0 Å². The van der Waals surface area contributed by atoms with Crippen molar-refractivity contribution >= 4 is 23.7 Å². The van der Waals surface area contributed by atoms with E-state index in [1.165, 1.54) is 0 Å². The minimum Gasteiger partial charge on any atom is -0.481 e. The van der Waals surface area contributed by atoms with Crippen LogP contribution in [0.15, 0.2) is 0 Å². The summed E-state index contributed by atoms with van der Waals surface area (Å²) in [5.74, 6) is -0.522. The predicted octanol–water partition coefficient (Wildman–Crippen LogP) is 2.44. The fourth-order valence-corrected chi connectivity index (χ4v) is 2.04. The molecule has 0 aromatic carbocycles. The van der Waals surface area contributed by atoms with Crippen molar-refractivity contribution in [2.45, 2.75) is 33.6 Å². The second-order valence-corrected chi connectivity index (χ2v) is 5.09. The number of nitrogens with one attached hydrogen (secondary N) is 1. The summed E-state index contributed by atoms with van der Waals surface area (Å²) in [6, 6.07) is -0.217. The van der Waals surface area contributed by atoms with Crippen LogP contribution in [0.4, 0.5) is 4.79 Å². The van der Waals surface area contributed by atoms with Gasteiger partial charge in [0.15, 0.2) is 6.07 Å². The van der Waals surface area contributed by atoms with Gasteiger partial charge < -0.3 is 15.2 Å². The Kier molecular flexibility index (Phi) is 6.95. The van der Waals surface area contributed by atoms with Crippen LogP contribution in [0.25, 0.3) is 0 Å². The monoisotopic (exact) mass is 265 g/mol. The number of carbonyl (C=O) groups excluding carboxylic acids is 1. The molecule has 0 aliphatic heterocycles. The van der Waals surface area contributed by atoms with Gasteiger partial charge >= 0.3 is 12.1 Å². The number of hydrogen-bond acceptors (Lipinski definition) is 3. The van der Waals surface area contributed by atoms with Crippen LogP contribution in [0.3, 0.4) is 0 Å². The number of hydrogen-bond donors (Lipinski definition) is 2. The number of carbonyl (C=O) groups is 2. The summed E-state index contributed by atoms with van der Waals surface area (Å²) in [5.41, 5.74) is -0.481. The van der Waals surface area contributed by atoms with E-state index in [1.54, 1.807) is 0 Å². The van der Waals surface area contributed by atoms with Crippen molar-refractivity contribution in [2.75, 3.05) is 12.6 Å². The molecule has 0 aromatic rings. The summed E-state index contributed by atoms with van der Waals surface area (Å²) >= 11 is 5.24. The molecule has 0 saturated carbocycles. The van der Waals surface area contributed by atoms with Crippen LogP contribution in [-0.4, -0.2) is 29.8 Å². The first-order valence-corrected chi connectivity index (χ1v) is 6.01. The molecule has 5 nitrogen and oxygen atoms in total. The molecule has 0 aromatic heterocycles. The molecule has 0 spiro atoms. The van der Waals surface area contributed by atoms with E-state index in [2.05, 4.69) is 10.1 Å². The molecule has 2 N–H and O–H groups in total. The highest BCUT2D eigenvalue weighted by molar-refractivity contribution is 6.17. The molecule has 0 aliphatic carbocycles. The highest BCUT2D eigenvalue weighted by Crippen LogP contribution is 2.29. The summed E-state index contributed by atoms with van der Waals surface area (Å²) in [6.45, 7) is 6.11. The van der Waals surface area contributed by atoms with Gasteiger partial charge in [-0.25, -0.2) is 4.79 Å². The Morgan fingerprint density at radius 1 is 1.47 bits per heavy atom. The molecule has 0 bridgehead atoms. The Morgan fingerprint density at radius 3 is 2.47 bits per heavy atom. The van der Waals surface area contributed by atoms with Gasteiger partial charge in [0.25, 0.3) is 0 Å². The lowest BCUT2D eigenvalue weighted by molar-refractivity contribution is -0.139. The molecule has 0 aliphatic rings. The molecule has 6 heteroatoms. The number of carboxylic acid groups (broad SMARTS) is 1. The van der Waals surface area contributed by atoms with E-state index in [0.29, 0.717) is 12.3 Å². The highest BCUT2D eigenvalue weighted by atomic mass is 35.5. The van der Waals surface area contributed by atoms with Gasteiger partial charge in [-0.1, -0.05) is 32.4 Å². The maximum Gasteiger partial charge on any atom is 0.408 e. The zero-order chi connectivity index (χ0) is 13.5. The number of amides is 1. The van der Waals surface area contributed by atoms with E-state index >= 15 is 0 Å². The summed E-state index contributed by atoms with van der Waals surface area (Å²) in [7, 11) is 0. The molecule has 1 atom stereocenters. The van der Waals surface area contributed by atoms with Gasteiger partial charge in [-0.05, 0) is 17.8 Å². The van der Waals surface area contributed by atoms with Crippen molar-refractivity contribution in [1.29, 1.82) is 0 Å². The second-order valence-electron chi connectivity index (χ2n) is 4.87. The second kappa shape index (κ2) is 7.37. The molecule has 0 unspecified atom stereocenters. The smallest absolute Gasteiger partial charge is 0.408 e. The number of rotatable bonds is 7. The maximum atomic E-state index is 11.1. The predicted molar refractivity (Wildman–Crippen MR) is 65.0 cm³/mol. The topological polar surface area (TPSA) is 75.6 Å². The van der Waals surface area contributed by atoms with Crippen molar-refractivity contribution in [3.8, 4) is 0 Å². The van der Waals surface area contributed by atoms with E-state index in [-0.39, 0.29) is 19.0 Å². The van der Waals surface area contributed by atoms with Crippen LogP contribution >= 0.6 is 11.6 Å². The first-order valence-electron chi connectivity index (χ1n) is 5.47. The van der Waals surface area contributed by atoms with Crippen LogP contribution in [-0.2, 0) is 9.53 Å². The lowest BCUT2D eigenvalue weighted by atomic mass is 9.79. The summed E-state index contributed by atoms with van der Waals surface area (Å²) in [5, 5.41) is 11.4. The van der Waals surface area contributed by atoms with Gasteiger partial charge in [-0.15, -0.1) is 0 Å². The lowest BCUT2D eigenvalue weighted by Crippen LogP contribution is -2.38. The minimum absolute atomic E-state index is 0.00628. The van der Waals surface area contributed by atoms with Crippen molar-refractivity contribution in [3.05, 3.63) is 0 Å². The lowest BCUT2D eigenvalue weighted by Gasteiger charge is -2.29. The fourth-order valence-electron chi connectivity index (χ4n) is 1.94. The maximum absolute atomic E-state index is 11.1. The van der Waals surface area contributed by atoms with Crippen molar-refractivity contribution in [2.24, 2.45) is 11.3 Å². The standard InChI is InChI=1S/C11H20ClNO4/c1-8(2)4-11(3,5-9(14)15)6-13-10(16)17-7-12/h8H,4-7H2,1-3H3,(H,13,16)(H,14,15)/t11-/m0/s1. The molecule has 0 saturated heterocycles. The SMILES string of the molecule is CC(C)C[C@](C)(CNC(=O)OCCl)CC(=O)O. The molecule has 17 heavy (non-hydrogen) atoms. The molecule has 0 heterocycles. The van der Waals surface area contributed by atoms with Crippen LogP contribution in [0.1, 0.15) is 33.6 Å². The van der Waals surface area contributed by atoms with Gasteiger partial charge in [-0.3, -0.25) is 4.79 Å². The Balaban J connectivity index is 4.37. The average molecular weight is 266 g/mol. The number of alkyl carbamates (subject to hydrolysis) is 1. The van der Waals surface area contributed by atoms with Crippen molar-refractivity contribution in [1.82, 2.24) is 5.32 Å². The van der Waals surface area contributed by atoms with Crippen molar-refractivity contribution in [3.63, 3.8) is 0 Å². The van der Waals surface area contributed by atoms with Gasteiger partial charge in [0, 0.05) is 6.54 Å². The Labute approximate surface area is 106 Å². The third-order valence-corrected chi connectivity index (χ3v) is 2.43. The van der Waals surface area contributed by atoms with Gasteiger partial charge in [0.2, 0.25) is 0 Å². The Bertz CT molecular complexity index is 270. The summed E-state index contributed by atoms with van der Waals surface area (Å²) in [4.78, 5) is 21.9. The fraction of sp³-hybridized carbons (Fsp3) is 0.818. The largest absolute Gasteiger partial charge is 0.481 e. The van der Waals surface area contributed by atoms with Gasteiger partial charge in [0.1, 0.15) is 0 Å². The van der Waals surface area contributed by atoms with E-state index < -0.39 is 17.5 Å². The van der Waals surface area contributed by atoms with E-state index in [0.717, 1.165) is 0 Å². The molecule has 0 radical (unpaired) electrons. The molecular formula is C11H20ClNO4. The Hall–Kier alpha value is -0.970. The average Bonchev–Trinajstić information content (AvgIpc) is 2.12. The summed E-state index contributed by atoms with van der Waals surface area (Å²) < 4.78 is 4.52. The normalized spacial score (nSPS) is 14.2. The number of halogens is 1. The number of alkyl halides is 1. The highest BCUT2D eigenvalue weighted by Gasteiger charge is 2.29. The third-order valence-electron chi connectivity index (χ3n) is 2.32. The van der Waals surface area contributed by atoms with Crippen LogP contribution in [0, 0.1) is 11.3 Å². The van der Waals surface area contributed by atoms with Crippen LogP contribution < -0.4 is 5.32 Å². The zero-order valence-electron chi connectivity index (χ0n) is 10.5.